The summed E-state index contributed by atoms with van der Waals surface area (Å²) in [7, 11) is 4.59. The molecule has 3 heterocycles. The second-order valence-corrected chi connectivity index (χ2v) is 7.61. The first kappa shape index (κ1) is 18.9. The Morgan fingerprint density at radius 2 is 1.97 bits per heavy atom. The van der Waals surface area contributed by atoms with Gasteiger partial charge in [0.25, 0.3) is 0 Å². The van der Waals surface area contributed by atoms with E-state index in [0.717, 1.165) is 29.5 Å². The summed E-state index contributed by atoms with van der Waals surface area (Å²) in [5.41, 5.74) is 2.80. The third-order valence-electron chi connectivity index (χ3n) is 5.49. The van der Waals surface area contributed by atoms with Crippen molar-refractivity contribution >= 4 is 40.0 Å². The standard InChI is InChI=1S/C20H20ClFN6O2/c1-23-20-27(18-15(21)13(29-2)6-14(30-3)16(18)22)9-10-7-24-19-12(8-25-26-19)17(10)28(20)11-4-5-11/h6-8,11H,4-5,9H2,1-3H3,(H,24,25,26). The van der Waals surface area contributed by atoms with Gasteiger partial charge in [-0.05, 0) is 12.8 Å². The molecule has 2 aliphatic rings. The highest BCUT2D eigenvalue weighted by atomic mass is 35.5. The van der Waals surface area contributed by atoms with Crippen molar-refractivity contribution in [1.82, 2.24) is 15.2 Å². The van der Waals surface area contributed by atoms with Gasteiger partial charge in [0.2, 0.25) is 5.96 Å². The molecule has 2 aromatic heterocycles. The Morgan fingerprint density at radius 3 is 2.63 bits per heavy atom. The number of fused-ring (bicyclic) bond motifs is 3. The van der Waals surface area contributed by atoms with Crippen molar-refractivity contribution < 1.29 is 13.9 Å². The number of hydrogen-bond acceptors (Lipinski definition) is 5. The van der Waals surface area contributed by atoms with E-state index in [9.17, 15) is 0 Å². The van der Waals surface area contributed by atoms with E-state index in [2.05, 4.69) is 25.1 Å². The molecule has 0 radical (unpaired) electrons. The van der Waals surface area contributed by atoms with E-state index in [1.165, 1.54) is 20.3 Å². The minimum absolute atomic E-state index is 0.0499. The third-order valence-corrected chi connectivity index (χ3v) is 5.85. The van der Waals surface area contributed by atoms with Crippen molar-refractivity contribution in [2.24, 2.45) is 4.99 Å². The van der Waals surface area contributed by atoms with Crippen molar-refractivity contribution in [3.63, 3.8) is 0 Å². The Kier molecular flexibility index (Phi) is 4.43. The number of rotatable bonds is 4. The number of anilines is 2. The molecule has 8 nitrogen and oxygen atoms in total. The molecular formula is C20H20ClFN6O2. The Hall–Kier alpha value is -3.07. The molecule has 1 fully saturated rings. The van der Waals surface area contributed by atoms with Crippen LogP contribution in [0.25, 0.3) is 11.0 Å². The monoisotopic (exact) mass is 430 g/mol. The number of hydrogen-bond donors (Lipinski definition) is 1. The lowest BCUT2D eigenvalue weighted by molar-refractivity contribution is 0.374. The first-order chi connectivity index (χ1) is 14.6. The van der Waals surface area contributed by atoms with Crippen molar-refractivity contribution in [2.45, 2.75) is 25.4 Å². The van der Waals surface area contributed by atoms with Crippen LogP contribution >= 0.6 is 11.6 Å². The molecule has 1 N–H and O–H groups in total. The number of nitrogens with one attached hydrogen (secondary N) is 1. The number of aromatic nitrogens is 3. The van der Waals surface area contributed by atoms with Gasteiger partial charge in [-0.15, -0.1) is 0 Å². The van der Waals surface area contributed by atoms with Gasteiger partial charge < -0.3 is 19.3 Å². The summed E-state index contributed by atoms with van der Waals surface area (Å²) in [6.45, 7) is 0.340. The fraction of sp³-hybridized carbons (Fsp3) is 0.350. The lowest BCUT2D eigenvalue weighted by Gasteiger charge is -2.41. The Morgan fingerprint density at radius 1 is 1.20 bits per heavy atom. The van der Waals surface area contributed by atoms with Crippen LogP contribution in [-0.4, -0.2) is 48.5 Å². The van der Waals surface area contributed by atoms with Gasteiger partial charge in [-0.25, -0.2) is 9.37 Å². The van der Waals surface area contributed by atoms with E-state index in [-0.39, 0.29) is 22.5 Å². The summed E-state index contributed by atoms with van der Waals surface area (Å²) < 4.78 is 26.0. The van der Waals surface area contributed by atoms with E-state index in [4.69, 9.17) is 21.1 Å². The highest BCUT2D eigenvalue weighted by molar-refractivity contribution is 6.36. The first-order valence-corrected chi connectivity index (χ1v) is 9.91. The van der Waals surface area contributed by atoms with Crippen LogP contribution in [0.3, 0.4) is 0 Å². The molecule has 1 saturated carbocycles. The van der Waals surface area contributed by atoms with Crippen molar-refractivity contribution in [3.05, 3.63) is 34.9 Å². The molecule has 10 heteroatoms. The maximum atomic E-state index is 15.5. The smallest absolute Gasteiger partial charge is 0.206 e. The van der Waals surface area contributed by atoms with E-state index in [1.54, 1.807) is 24.3 Å². The number of ether oxygens (including phenoxy) is 2. The lowest BCUT2D eigenvalue weighted by atomic mass is 10.1. The SMILES string of the molecule is CN=C1N(c2c(F)c(OC)cc(OC)c2Cl)Cc2cnc3[nH]ncc3c2N1C1CC1. The number of guanidine groups is 1. The molecule has 3 aromatic rings. The fourth-order valence-corrected chi connectivity index (χ4v) is 4.31. The lowest BCUT2D eigenvalue weighted by Crippen LogP contribution is -2.50. The van der Waals surface area contributed by atoms with Crippen molar-refractivity contribution in [2.75, 3.05) is 31.1 Å². The number of H-pyrrole nitrogens is 1. The summed E-state index contributed by atoms with van der Waals surface area (Å²) in [4.78, 5) is 12.9. The van der Waals surface area contributed by atoms with Crippen LogP contribution in [0.1, 0.15) is 18.4 Å². The Balaban J connectivity index is 1.75. The molecule has 5 rings (SSSR count). The van der Waals surface area contributed by atoms with E-state index < -0.39 is 5.82 Å². The molecule has 30 heavy (non-hydrogen) atoms. The fourth-order valence-electron chi connectivity index (χ4n) is 3.99. The van der Waals surface area contributed by atoms with Crippen LogP contribution in [0.5, 0.6) is 11.5 Å². The number of nitrogens with zero attached hydrogens (tertiary/aromatic N) is 5. The Bertz CT molecular complexity index is 1150. The zero-order valence-electron chi connectivity index (χ0n) is 16.7. The molecule has 1 aromatic carbocycles. The van der Waals surface area contributed by atoms with E-state index in [1.807, 2.05) is 0 Å². The maximum Gasteiger partial charge on any atom is 0.206 e. The zero-order chi connectivity index (χ0) is 21.0. The van der Waals surface area contributed by atoms with Gasteiger partial charge in [-0.3, -0.25) is 10.1 Å². The van der Waals surface area contributed by atoms with Crippen LogP contribution in [0.2, 0.25) is 5.02 Å². The van der Waals surface area contributed by atoms with Crippen LogP contribution in [0.4, 0.5) is 15.8 Å². The van der Waals surface area contributed by atoms with Crippen molar-refractivity contribution in [1.29, 1.82) is 0 Å². The molecule has 0 atom stereocenters. The molecule has 156 valence electrons. The molecule has 0 unspecified atom stereocenters. The summed E-state index contributed by atoms with van der Waals surface area (Å²) in [5, 5.41) is 8.13. The average Bonchev–Trinajstić information content (AvgIpc) is 3.48. The molecule has 0 amide bonds. The molecule has 1 aliphatic heterocycles. The van der Waals surface area contributed by atoms with Gasteiger partial charge in [0.15, 0.2) is 17.2 Å². The van der Waals surface area contributed by atoms with Gasteiger partial charge >= 0.3 is 0 Å². The molecule has 1 aliphatic carbocycles. The van der Waals surface area contributed by atoms with E-state index in [0.29, 0.717) is 23.9 Å². The van der Waals surface area contributed by atoms with Crippen LogP contribution in [0, 0.1) is 5.82 Å². The molecule has 0 spiro atoms. The second-order valence-electron chi connectivity index (χ2n) is 7.23. The average molecular weight is 431 g/mol. The number of aliphatic imine (C=N–C) groups is 1. The number of methoxy groups -OCH3 is 2. The van der Waals surface area contributed by atoms with Crippen LogP contribution in [-0.2, 0) is 6.54 Å². The molecule has 0 saturated heterocycles. The highest BCUT2D eigenvalue weighted by Crippen LogP contribution is 2.47. The summed E-state index contributed by atoms with van der Waals surface area (Å²) in [5.74, 6) is 0.414. The molecular weight excluding hydrogens is 411 g/mol. The summed E-state index contributed by atoms with van der Waals surface area (Å²) >= 11 is 6.58. The third kappa shape index (κ3) is 2.68. The zero-order valence-corrected chi connectivity index (χ0v) is 17.5. The maximum absolute atomic E-state index is 15.5. The van der Waals surface area contributed by atoms with Gasteiger partial charge in [0, 0.05) is 30.9 Å². The minimum atomic E-state index is -0.569. The predicted octanol–water partition coefficient (Wildman–Crippen LogP) is 3.74. The normalized spacial score (nSPS) is 17.6. The predicted molar refractivity (Wildman–Crippen MR) is 113 cm³/mol. The van der Waals surface area contributed by atoms with Crippen LogP contribution < -0.4 is 19.3 Å². The summed E-state index contributed by atoms with van der Waals surface area (Å²) in [6, 6.07) is 1.71. The van der Waals surface area contributed by atoms with Crippen LogP contribution in [0.15, 0.2) is 23.5 Å². The van der Waals surface area contributed by atoms with Gasteiger partial charge in [0.1, 0.15) is 16.5 Å². The number of pyridine rings is 1. The largest absolute Gasteiger partial charge is 0.495 e. The van der Waals surface area contributed by atoms with Crippen molar-refractivity contribution in [3.8, 4) is 11.5 Å². The minimum Gasteiger partial charge on any atom is -0.495 e. The topological polar surface area (TPSA) is 78.9 Å². The van der Waals surface area contributed by atoms with Gasteiger partial charge in [-0.1, -0.05) is 11.6 Å². The summed E-state index contributed by atoms with van der Waals surface area (Å²) in [6.07, 6.45) is 5.59. The van der Waals surface area contributed by atoms with E-state index >= 15 is 4.39 Å². The van der Waals surface area contributed by atoms with Gasteiger partial charge in [0.05, 0.1) is 38.0 Å². The number of aromatic amines is 1. The molecule has 0 bridgehead atoms. The first-order valence-electron chi connectivity index (χ1n) is 9.53. The second kappa shape index (κ2) is 7.02. The Labute approximate surface area is 177 Å². The highest BCUT2D eigenvalue weighted by Gasteiger charge is 2.42. The number of benzene rings is 1. The van der Waals surface area contributed by atoms with Gasteiger partial charge in [-0.2, -0.15) is 5.10 Å². The number of halogens is 2. The quantitative estimate of drug-likeness (QED) is 0.679.